The zero-order valence-electron chi connectivity index (χ0n) is 14.5. The smallest absolute Gasteiger partial charge is 0.0255 e. The molecule has 122 valence electrons. The van der Waals surface area contributed by atoms with Crippen molar-refractivity contribution in [3.05, 3.63) is 0 Å². The van der Waals surface area contributed by atoms with Crippen molar-refractivity contribution in [2.45, 2.75) is 90.3 Å². The molecule has 0 aromatic rings. The molecular weight excluding hydrogens is 256 g/mol. The second kappa shape index (κ2) is 7.00. The van der Waals surface area contributed by atoms with Crippen molar-refractivity contribution in [1.82, 2.24) is 10.2 Å². The normalized spacial score (nSPS) is 41.4. The summed E-state index contributed by atoms with van der Waals surface area (Å²) < 4.78 is 0. The monoisotopic (exact) mass is 292 g/mol. The van der Waals surface area contributed by atoms with Crippen molar-refractivity contribution in [2.24, 2.45) is 17.8 Å². The van der Waals surface area contributed by atoms with Gasteiger partial charge in [0.05, 0.1) is 0 Å². The highest BCUT2D eigenvalue weighted by molar-refractivity contribution is 4.98. The first kappa shape index (κ1) is 15.8. The van der Waals surface area contributed by atoms with Gasteiger partial charge in [0.1, 0.15) is 0 Å². The second-order valence-electron chi connectivity index (χ2n) is 8.19. The molecule has 5 atom stereocenters. The number of fused-ring (bicyclic) bond motifs is 1. The molecule has 0 aromatic heterocycles. The van der Waals surface area contributed by atoms with Crippen LogP contribution in [0.5, 0.6) is 0 Å². The zero-order valence-corrected chi connectivity index (χ0v) is 14.5. The van der Waals surface area contributed by atoms with Crippen LogP contribution < -0.4 is 5.32 Å². The SMILES string of the molecule is CCNC1CCC(C(C)C)CC1N1CCCC2CCCC21. The average molecular weight is 293 g/mol. The highest BCUT2D eigenvalue weighted by Crippen LogP contribution is 2.41. The highest BCUT2D eigenvalue weighted by atomic mass is 15.2. The van der Waals surface area contributed by atoms with E-state index in [0.717, 1.165) is 42.4 Å². The van der Waals surface area contributed by atoms with E-state index >= 15 is 0 Å². The molecule has 3 fully saturated rings. The third-order valence-corrected chi connectivity index (χ3v) is 6.73. The number of hydrogen-bond acceptors (Lipinski definition) is 2. The zero-order chi connectivity index (χ0) is 14.8. The lowest BCUT2D eigenvalue weighted by Gasteiger charge is -2.49. The summed E-state index contributed by atoms with van der Waals surface area (Å²) in [5.74, 6) is 2.84. The van der Waals surface area contributed by atoms with Crippen LogP contribution in [0, 0.1) is 17.8 Å². The first-order valence-electron chi connectivity index (χ1n) is 9.69. The van der Waals surface area contributed by atoms with Crippen molar-refractivity contribution in [3.8, 4) is 0 Å². The Balaban J connectivity index is 1.74. The van der Waals surface area contributed by atoms with Crippen LogP contribution in [0.4, 0.5) is 0 Å². The van der Waals surface area contributed by atoms with E-state index in [2.05, 4.69) is 31.0 Å². The van der Waals surface area contributed by atoms with Crippen molar-refractivity contribution in [1.29, 1.82) is 0 Å². The standard InChI is InChI=1S/C19H36N2/c1-4-20-17-11-10-16(14(2)3)13-19(17)21-12-6-8-15-7-5-9-18(15)21/h14-20H,4-13H2,1-3H3. The molecule has 2 aliphatic carbocycles. The minimum atomic E-state index is 0.754. The molecule has 1 heterocycles. The molecule has 1 aliphatic heterocycles. The van der Waals surface area contributed by atoms with E-state index in [1.807, 2.05) is 0 Å². The van der Waals surface area contributed by atoms with Crippen LogP contribution in [0.15, 0.2) is 0 Å². The van der Waals surface area contributed by atoms with Crippen LogP contribution in [0.25, 0.3) is 0 Å². The summed E-state index contributed by atoms with van der Waals surface area (Å²) >= 11 is 0. The summed E-state index contributed by atoms with van der Waals surface area (Å²) in [4.78, 5) is 2.98. The van der Waals surface area contributed by atoms with E-state index in [1.165, 1.54) is 57.9 Å². The van der Waals surface area contributed by atoms with Crippen LogP contribution in [0.3, 0.4) is 0 Å². The van der Waals surface area contributed by atoms with Gasteiger partial charge in [-0.3, -0.25) is 4.90 Å². The van der Waals surface area contributed by atoms with E-state index in [-0.39, 0.29) is 0 Å². The van der Waals surface area contributed by atoms with Gasteiger partial charge in [0.25, 0.3) is 0 Å². The Kier molecular flexibility index (Phi) is 5.27. The fourth-order valence-electron chi connectivity index (χ4n) is 5.55. The van der Waals surface area contributed by atoms with E-state index in [1.54, 1.807) is 0 Å². The predicted molar refractivity (Wildman–Crippen MR) is 90.5 cm³/mol. The highest BCUT2D eigenvalue weighted by Gasteiger charge is 2.42. The van der Waals surface area contributed by atoms with Gasteiger partial charge in [0.15, 0.2) is 0 Å². The Labute approximate surface area is 132 Å². The molecule has 0 amide bonds. The number of nitrogens with zero attached hydrogens (tertiary/aromatic N) is 1. The topological polar surface area (TPSA) is 15.3 Å². The van der Waals surface area contributed by atoms with E-state index < -0.39 is 0 Å². The third-order valence-electron chi connectivity index (χ3n) is 6.73. The predicted octanol–water partition coefficient (Wildman–Crippen LogP) is 4.05. The maximum atomic E-state index is 3.83. The number of piperidine rings is 1. The number of rotatable bonds is 4. The van der Waals surface area contributed by atoms with E-state index in [0.29, 0.717) is 0 Å². The molecule has 21 heavy (non-hydrogen) atoms. The van der Waals surface area contributed by atoms with Gasteiger partial charge in [0.2, 0.25) is 0 Å². The van der Waals surface area contributed by atoms with Crippen LogP contribution in [0.2, 0.25) is 0 Å². The molecule has 0 radical (unpaired) electrons. The molecule has 0 aromatic carbocycles. The van der Waals surface area contributed by atoms with Crippen molar-refractivity contribution in [3.63, 3.8) is 0 Å². The molecule has 2 saturated carbocycles. The van der Waals surface area contributed by atoms with Gasteiger partial charge in [-0.25, -0.2) is 0 Å². The Bertz CT molecular complexity index is 328. The summed E-state index contributed by atoms with van der Waals surface area (Å²) in [6, 6.07) is 2.50. The quantitative estimate of drug-likeness (QED) is 0.841. The van der Waals surface area contributed by atoms with Gasteiger partial charge in [0, 0.05) is 18.1 Å². The minimum Gasteiger partial charge on any atom is -0.313 e. The van der Waals surface area contributed by atoms with E-state index in [4.69, 9.17) is 0 Å². The molecule has 3 aliphatic rings. The van der Waals surface area contributed by atoms with Gasteiger partial charge in [-0.05, 0) is 75.8 Å². The molecule has 2 nitrogen and oxygen atoms in total. The van der Waals surface area contributed by atoms with Crippen LogP contribution in [-0.2, 0) is 0 Å². The summed E-state index contributed by atoms with van der Waals surface area (Å²) in [7, 11) is 0. The lowest BCUT2D eigenvalue weighted by atomic mass is 9.75. The number of nitrogens with one attached hydrogen (secondary N) is 1. The van der Waals surface area contributed by atoms with E-state index in [9.17, 15) is 0 Å². The van der Waals surface area contributed by atoms with Gasteiger partial charge < -0.3 is 5.32 Å². The summed E-state index contributed by atoms with van der Waals surface area (Å²) in [5.41, 5.74) is 0. The largest absolute Gasteiger partial charge is 0.313 e. The summed E-state index contributed by atoms with van der Waals surface area (Å²) in [6.45, 7) is 9.65. The fraction of sp³-hybridized carbons (Fsp3) is 1.00. The lowest BCUT2D eigenvalue weighted by Crippen LogP contribution is -2.58. The third kappa shape index (κ3) is 3.32. The molecule has 1 saturated heterocycles. The van der Waals surface area contributed by atoms with Gasteiger partial charge in [-0.15, -0.1) is 0 Å². The molecule has 5 unspecified atom stereocenters. The van der Waals surface area contributed by atoms with Gasteiger partial charge in [-0.2, -0.15) is 0 Å². The maximum Gasteiger partial charge on any atom is 0.0255 e. The molecule has 3 rings (SSSR count). The first-order valence-corrected chi connectivity index (χ1v) is 9.69. The Morgan fingerprint density at radius 3 is 2.57 bits per heavy atom. The number of hydrogen-bond donors (Lipinski definition) is 1. The summed E-state index contributed by atoms with van der Waals surface area (Å²) in [5, 5.41) is 3.83. The van der Waals surface area contributed by atoms with Crippen molar-refractivity contribution in [2.75, 3.05) is 13.1 Å². The Morgan fingerprint density at radius 1 is 1.00 bits per heavy atom. The first-order chi connectivity index (χ1) is 10.2. The molecule has 0 bridgehead atoms. The number of likely N-dealkylation sites (tertiary alicyclic amines) is 1. The molecule has 2 heteroatoms. The van der Waals surface area contributed by atoms with Crippen molar-refractivity contribution < 1.29 is 0 Å². The van der Waals surface area contributed by atoms with Crippen LogP contribution in [-0.4, -0.2) is 36.1 Å². The molecule has 0 spiro atoms. The van der Waals surface area contributed by atoms with Gasteiger partial charge >= 0.3 is 0 Å². The second-order valence-corrected chi connectivity index (χ2v) is 8.19. The fourth-order valence-corrected chi connectivity index (χ4v) is 5.55. The number of likely N-dealkylation sites (N-methyl/N-ethyl adjacent to an activating group) is 1. The Hall–Kier alpha value is -0.0800. The van der Waals surface area contributed by atoms with Crippen LogP contribution >= 0.6 is 0 Å². The van der Waals surface area contributed by atoms with Crippen LogP contribution in [0.1, 0.15) is 72.1 Å². The molecular formula is C19H36N2. The Morgan fingerprint density at radius 2 is 1.81 bits per heavy atom. The minimum absolute atomic E-state index is 0.754. The average Bonchev–Trinajstić information content (AvgIpc) is 2.96. The maximum absolute atomic E-state index is 3.83. The lowest BCUT2D eigenvalue weighted by molar-refractivity contribution is 0.0141. The van der Waals surface area contributed by atoms with Gasteiger partial charge in [-0.1, -0.05) is 27.2 Å². The van der Waals surface area contributed by atoms with Crippen molar-refractivity contribution >= 4 is 0 Å². The summed E-state index contributed by atoms with van der Waals surface area (Å²) in [6.07, 6.45) is 11.7. The molecule has 1 N–H and O–H groups in total.